The summed E-state index contributed by atoms with van der Waals surface area (Å²) < 4.78 is 44.6. The molecule has 0 radical (unpaired) electrons. The topological polar surface area (TPSA) is 47.3 Å². The summed E-state index contributed by atoms with van der Waals surface area (Å²) in [4.78, 5) is 0. The Kier molecular flexibility index (Phi) is 3.99. The van der Waals surface area contributed by atoms with Crippen LogP contribution in [0.25, 0.3) is 11.1 Å². The zero-order chi connectivity index (χ0) is 14.8. The van der Waals surface area contributed by atoms with Crippen LogP contribution in [0.3, 0.4) is 0 Å². The van der Waals surface area contributed by atoms with Gasteiger partial charge in [-0.05, 0) is 17.7 Å². The predicted octanol–water partition coefficient (Wildman–Crippen LogP) is 2.92. The van der Waals surface area contributed by atoms with Gasteiger partial charge >= 0.3 is 6.18 Å². The van der Waals surface area contributed by atoms with Gasteiger partial charge in [-0.2, -0.15) is 18.3 Å². The molecule has 7 heteroatoms. The zero-order valence-electron chi connectivity index (χ0n) is 10.7. The normalized spacial score (nSPS) is 11.8. The van der Waals surface area contributed by atoms with Gasteiger partial charge in [0.2, 0.25) is 0 Å². The van der Waals surface area contributed by atoms with E-state index in [0.717, 1.165) is 12.1 Å². The Bertz CT molecular complexity index is 594. The number of phenols is 1. The molecule has 1 aromatic carbocycles. The Morgan fingerprint density at radius 1 is 1.30 bits per heavy atom. The lowest BCUT2D eigenvalue weighted by Gasteiger charge is -2.10. The van der Waals surface area contributed by atoms with Crippen molar-refractivity contribution in [2.45, 2.75) is 12.7 Å². The zero-order valence-corrected chi connectivity index (χ0v) is 10.7. The van der Waals surface area contributed by atoms with Gasteiger partial charge in [0.05, 0.1) is 24.9 Å². The Morgan fingerprint density at radius 3 is 2.70 bits per heavy atom. The third-order valence-electron chi connectivity index (χ3n) is 2.79. The summed E-state index contributed by atoms with van der Waals surface area (Å²) in [6.45, 7) is 0.977. The fourth-order valence-electron chi connectivity index (χ4n) is 1.76. The van der Waals surface area contributed by atoms with Gasteiger partial charge in [0, 0.05) is 18.9 Å². The molecule has 108 valence electrons. The molecule has 0 fully saturated rings. The van der Waals surface area contributed by atoms with Crippen molar-refractivity contribution in [1.29, 1.82) is 0 Å². The fraction of sp³-hybridized carbons (Fsp3) is 0.308. The summed E-state index contributed by atoms with van der Waals surface area (Å²) in [5, 5.41) is 13.3. The minimum absolute atomic E-state index is 0.346. The van der Waals surface area contributed by atoms with Crippen molar-refractivity contribution in [1.82, 2.24) is 9.78 Å². The maximum Gasteiger partial charge on any atom is 0.419 e. The Labute approximate surface area is 113 Å². The average Bonchev–Trinajstić information content (AvgIpc) is 2.84. The fourth-order valence-corrected chi connectivity index (χ4v) is 1.76. The highest BCUT2D eigenvalue weighted by atomic mass is 19.4. The number of aromatic nitrogens is 2. The number of methoxy groups -OCH3 is 1. The molecule has 4 nitrogen and oxygen atoms in total. The number of ether oxygens (including phenoxy) is 1. The third kappa shape index (κ3) is 3.11. The van der Waals surface area contributed by atoms with Crippen LogP contribution in [0.5, 0.6) is 5.75 Å². The number of alkyl halides is 3. The summed E-state index contributed by atoms with van der Waals surface area (Å²) in [6, 6.07) is 3.36. The minimum atomic E-state index is -4.59. The van der Waals surface area contributed by atoms with E-state index >= 15 is 0 Å². The summed E-state index contributed by atoms with van der Waals surface area (Å²) in [7, 11) is 1.56. The quantitative estimate of drug-likeness (QED) is 0.940. The predicted molar refractivity (Wildman–Crippen MR) is 66.2 cm³/mol. The van der Waals surface area contributed by atoms with Crippen LogP contribution >= 0.6 is 0 Å². The highest BCUT2D eigenvalue weighted by Gasteiger charge is 2.34. The molecule has 0 aliphatic rings. The van der Waals surface area contributed by atoms with Gasteiger partial charge in [0.25, 0.3) is 0 Å². The molecule has 0 unspecified atom stereocenters. The Balaban J connectivity index is 2.31. The largest absolute Gasteiger partial charge is 0.507 e. The first-order valence-corrected chi connectivity index (χ1v) is 5.84. The van der Waals surface area contributed by atoms with Gasteiger partial charge in [0.1, 0.15) is 5.75 Å². The second-order valence-corrected chi connectivity index (χ2v) is 4.21. The maximum absolute atomic E-state index is 12.7. The van der Waals surface area contributed by atoms with Crippen molar-refractivity contribution in [3.8, 4) is 16.9 Å². The van der Waals surface area contributed by atoms with E-state index in [1.54, 1.807) is 18.0 Å². The van der Waals surface area contributed by atoms with Crippen LogP contribution in [-0.4, -0.2) is 28.6 Å². The lowest BCUT2D eigenvalue weighted by Crippen LogP contribution is -2.05. The van der Waals surface area contributed by atoms with Gasteiger partial charge in [-0.15, -0.1) is 0 Å². The molecule has 2 rings (SSSR count). The summed E-state index contributed by atoms with van der Waals surface area (Å²) >= 11 is 0. The van der Waals surface area contributed by atoms with Crippen LogP contribution in [0.1, 0.15) is 5.56 Å². The molecule has 0 atom stereocenters. The van der Waals surface area contributed by atoms with Gasteiger partial charge in [0.15, 0.2) is 0 Å². The summed E-state index contributed by atoms with van der Waals surface area (Å²) in [5.74, 6) is -0.784. The van der Waals surface area contributed by atoms with Gasteiger partial charge in [-0.25, -0.2) is 0 Å². The van der Waals surface area contributed by atoms with Gasteiger partial charge < -0.3 is 9.84 Å². The number of phenolic OH excluding ortho intramolecular Hbond substituents is 1. The van der Waals surface area contributed by atoms with Crippen molar-refractivity contribution in [2.24, 2.45) is 0 Å². The molecule has 0 saturated carbocycles. The average molecular weight is 286 g/mol. The van der Waals surface area contributed by atoms with Crippen LogP contribution in [0.15, 0.2) is 30.6 Å². The number of hydrogen-bond donors (Lipinski definition) is 1. The van der Waals surface area contributed by atoms with E-state index in [4.69, 9.17) is 4.74 Å². The van der Waals surface area contributed by atoms with Crippen molar-refractivity contribution in [3.63, 3.8) is 0 Å². The molecule has 1 aromatic heterocycles. The van der Waals surface area contributed by atoms with Crippen LogP contribution in [0, 0.1) is 0 Å². The molecule has 0 aliphatic heterocycles. The molecular weight excluding hydrogens is 273 g/mol. The molecule has 1 N–H and O–H groups in total. The van der Waals surface area contributed by atoms with Gasteiger partial charge in [-0.3, -0.25) is 4.68 Å². The molecule has 0 aliphatic carbocycles. The van der Waals surface area contributed by atoms with E-state index in [1.165, 1.54) is 12.3 Å². The lowest BCUT2D eigenvalue weighted by molar-refractivity contribution is -0.138. The van der Waals surface area contributed by atoms with E-state index in [0.29, 0.717) is 24.3 Å². The molecule has 0 saturated heterocycles. The number of nitrogens with zero attached hydrogens (tertiary/aromatic N) is 2. The van der Waals surface area contributed by atoms with E-state index in [9.17, 15) is 18.3 Å². The number of rotatable bonds is 4. The minimum Gasteiger partial charge on any atom is -0.507 e. The van der Waals surface area contributed by atoms with Crippen molar-refractivity contribution in [2.75, 3.05) is 13.7 Å². The molecule has 2 aromatic rings. The standard InChI is InChI=1S/C13H13F3N2O2/c1-20-5-4-18-8-10(7-17-18)9-2-3-12(19)11(6-9)13(14,15)16/h2-3,6-8,19H,4-5H2,1H3. The van der Waals surface area contributed by atoms with Crippen LogP contribution < -0.4 is 0 Å². The number of halogens is 3. The monoisotopic (exact) mass is 286 g/mol. The lowest BCUT2D eigenvalue weighted by atomic mass is 10.1. The van der Waals surface area contributed by atoms with E-state index < -0.39 is 17.5 Å². The first-order chi connectivity index (χ1) is 9.41. The first kappa shape index (κ1) is 14.4. The van der Waals surface area contributed by atoms with Gasteiger partial charge in [-0.1, -0.05) is 6.07 Å². The third-order valence-corrected chi connectivity index (χ3v) is 2.79. The van der Waals surface area contributed by atoms with Crippen LogP contribution in [0.4, 0.5) is 13.2 Å². The molecule has 0 spiro atoms. The van der Waals surface area contributed by atoms with E-state index in [1.807, 2.05) is 0 Å². The van der Waals surface area contributed by atoms with Crippen molar-refractivity contribution >= 4 is 0 Å². The molecule has 1 heterocycles. The van der Waals surface area contributed by atoms with E-state index in [2.05, 4.69) is 5.10 Å². The second kappa shape index (κ2) is 5.54. The Morgan fingerprint density at radius 2 is 2.05 bits per heavy atom. The highest BCUT2D eigenvalue weighted by Crippen LogP contribution is 2.37. The molecule has 0 amide bonds. The van der Waals surface area contributed by atoms with Crippen LogP contribution in [-0.2, 0) is 17.5 Å². The summed E-state index contributed by atoms with van der Waals surface area (Å²) in [5.41, 5.74) is -0.162. The number of benzene rings is 1. The highest BCUT2D eigenvalue weighted by molar-refractivity contribution is 5.64. The maximum atomic E-state index is 12.7. The smallest absolute Gasteiger partial charge is 0.419 e. The number of hydrogen-bond acceptors (Lipinski definition) is 3. The molecular formula is C13H13F3N2O2. The first-order valence-electron chi connectivity index (χ1n) is 5.84. The van der Waals surface area contributed by atoms with E-state index in [-0.39, 0.29) is 0 Å². The molecule has 0 bridgehead atoms. The van der Waals surface area contributed by atoms with Crippen molar-refractivity contribution in [3.05, 3.63) is 36.2 Å². The molecule has 20 heavy (non-hydrogen) atoms. The second-order valence-electron chi connectivity index (χ2n) is 4.21. The van der Waals surface area contributed by atoms with Crippen LogP contribution in [0.2, 0.25) is 0 Å². The summed E-state index contributed by atoms with van der Waals surface area (Å²) in [6.07, 6.45) is -1.49. The van der Waals surface area contributed by atoms with Crippen molar-refractivity contribution < 1.29 is 23.0 Å². The number of aromatic hydroxyl groups is 1. The Hall–Kier alpha value is -2.02. The SMILES string of the molecule is COCCn1cc(-c2ccc(O)c(C(F)(F)F)c2)cn1.